The molecule has 0 spiro atoms. The number of nitrogens with zero attached hydrogens (tertiary/aromatic N) is 9. The fourth-order valence-corrected chi connectivity index (χ4v) is 4.77. The van der Waals surface area contributed by atoms with E-state index in [1.165, 1.54) is 6.92 Å². The third-order valence-corrected chi connectivity index (χ3v) is 7.31. The Kier molecular flexibility index (Phi) is 7.43. The predicted octanol–water partition coefficient (Wildman–Crippen LogP) is 4.47. The summed E-state index contributed by atoms with van der Waals surface area (Å²) in [5.74, 6) is -15.4. The minimum absolute atomic E-state index is 0.0794. The first-order valence-corrected chi connectivity index (χ1v) is 13.4. The molecule has 9 nitrogen and oxygen atoms in total. The van der Waals surface area contributed by atoms with Crippen LogP contribution >= 0.6 is 0 Å². The van der Waals surface area contributed by atoms with Gasteiger partial charge in [0.05, 0.1) is 32.6 Å². The SMILES string of the molecule is Cc1cc2c(cc1C)=NC(=C(C#N)c1nc(/C(C#N)=C3/N=c4cc(C)c(C(F)(F)F)cc4=N3)nc(-c3c(F)c(F)c(F)c(F)c3F)n1)N=2. The maximum Gasteiger partial charge on any atom is 0.416 e. The molecular weight excluding hydrogens is 650 g/mol. The number of aromatic nitrogens is 3. The van der Waals surface area contributed by atoms with Gasteiger partial charge in [0.25, 0.3) is 0 Å². The van der Waals surface area contributed by atoms with Crippen molar-refractivity contribution >= 4 is 11.1 Å². The first-order chi connectivity index (χ1) is 22.6. The van der Waals surface area contributed by atoms with Crippen LogP contribution in [0.3, 0.4) is 0 Å². The Labute approximate surface area is 262 Å². The van der Waals surface area contributed by atoms with Gasteiger partial charge in [0.15, 0.2) is 52.4 Å². The highest BCUT2D eigenvalue weighted by atomic mass is 19.4. The normalized spacial score (nSPS) is 14.1. The van der Waals surface area contributed by atoms with Crippen molar-refractivity contribution in [2.45, 2.75) is 26.9 Å². The fraction of sp³-hybridized carbons (Fsp3) is 0.129. The van der Waals surface area contributed by atoms with Gasteiger partial charge in [0.2, 0.25) is 5.82 Å². The molecule has 0 bridgehead atoms. The summed E-state index contributed by atoms with van der Waals surface area (Å²) in [6.07, 6.45) is -4.75. The quantitative estimate of drug-likeness (QED) is 0.138. The molecule has 0 radical (unpaired) electrons. The van der Waals surface area contributed by atoms with E-state index in [2.05, 4.69) is 34.9 Å². The molecule has 0 saturated heterocycles. The zero-order valence-electron chi connectivity index (χ0n) is 24.4. The summed E-state index contributed by atoms with van der Waals surface area (Å²) in [7, 11) is 0. The molecule has 2 aliphatic heterocycles. The van der Waals surface area contributed by atoms with Gasteiger partial charge in [-0.3, -0.25) is 0 Å². The van der Waals surface area contributed by atoms with Crippen molar-refractivity contribution in [3.05, 3.63) is 120 Å². The van der Waals surface area contributed by atoms with Crippen molar-refractivity contribution in [3.63, 3.8) is 0 Å². The van der Waals surface area contributed by atoms with Crippen LogP contribution in [0.2, 0.25) is 0 Å². The molecule has 48 heavy (non-hydrogen) atoms. The minimum Gasteiger partial charge on any atom is -0.226 e. The Morgan fingerprint density at radius 3 is 1.33 bits per heavy atom. The van der Waals surface area contributed by atoms with E-state index in [-0.39, 0.29) is 22.1 Å². The lowest BCUT2D eigenvalue weighted by atomic mass is 10.1. The largest absolute Gasteiger partial charge is 0.416 e. The van der Waals surface area contributed by atoms with Gasteiger partial charge in [0, 0.05) is 0 Å². The average Bonchev–Trinajstić information content (AvgIpc) is 3.62. The lowest BCUT2D eigenvalue weighted by molar-refractivity contribution is -0.138. The van der Waals surface area contributed by atoms with Crippen LogP contribution in [-0.2, 0) is 6.18 Å². The zero-order chi connectivity index (χ0) is 34.8. The minimum atomic E-state index is -4.75. The van der Waals surface area contributed by atoms with Gasteiger partial charge in [-0.25, -0.2) is 56.9 Å². The number of allylic oxidation sites excluding steroid dienone is 2. The van der Waals surface area contributed by atoms with Crippen LogP contribution < -0.4 is 21.4 Å². The van der Waals surface area contributed by atoms with E-state index in [0.29, 0.717) is 16.8 Å². The molecule has 2 aliphatic rings. The summed E-state index contributed by atoms with van der Waals surface area (Å²) in [6, 6.07) is 8.49. The summed E-state index contributed by atoms with van der Waals surface area (Å²) in [4.78, 5) is 28.2. The molecular formula is C31H13F8N9. The molecule has 0 saturated carbocycles. The average molecular weight is 663 g/mol. The molecule has 0 unspecified atom stereocenters. The summed E-state index contributed by atoms with van der Waals surface area (Å²) in [5, 5.41) is 20.5. The number of hydrogen-bond acceptors (Lipinski definition) is 9. The van der Waals surface area contributed by atoms with E-state index in [0.717, 1.165) is 17.2 Å². The standard InChI is InChI=1S/C31H13F8N9/c1-10-4-16-17(5-11(10)2)43-26(42-16)13(8-40)28-46-29(48-30(47-28)20-21(32)23(34)25(36)24(35)22(20)33)14(9-41)27-44-18-6-12(3)15(31(37,38)39)7-19(18)45-27/h4-7H,1-3H3/b27-14-. The third-order valence-electron chi connectivity index (χ3n) is 7.31. The first-order valence-electron chi connectivity index (χ1n) is 13.4. The van der Waals surface area contributed by atoms with E-state index in [4.69, 9.17) is 0 Å². The summed E-state index contributed by atoms with van der Waals surface area (Å²) in [6.45, 7) is 4.77. The van der Waals surface area contributed by atoms with Crippen molar-refractivity contribution in [3.8, 4) is 23.5 Å². The molecule has 0 amide bonds. The lowest BCUT2D eigenvalue weighted by Gasteiger charge is -2.10. The van der Waals surface area contributed by atoms with Crippen LogP contribution in [0.5, 0.6) is 0 Å². The number of halogens is 8. The highest BCUT2D eigenvalue weighted by molar-refractivity contribution is 5.80. The number of rotatable bonds is 3. The lowest BCUT2D eigenvalue weighted by Crippen LogP contribution is -2.25. The van der Waals surface area contributed by atoms with E-state index in [1.807, 2.05) is 0 Å². The fourth-order valence-electron chi connectivity index (χ4n) is 4.77. The Balaban J connectivity index is 1.66. The molecule has 3 heterocycles. The maximum atomic E-state index is 15.0. The summed E-state index contributed by atoms with van der Waals surface area (Å²) >= 11 is 0. The van der Waals surface area contributed by atoms with Crippen LogP contribution in [0.25, 0.3) is 22.5 Å². The second-order valence-electron chi connectivity index (χ2n) is 10.4. The van der Waals surface area contributed by atoms with Gasteiger partial charge < -0.3 is 0 Å². The van der Waals surface area contributed by atoms with Crippen LogP contribution in [0, 0.1) is 72.5 Å². The van der Waals surface area contributed by atoms with Crippen molar-refractivity contribution in [1.29, 1.82) is 10.5 Å². The molecule has 0 atom stereocenters. The van der Waals surface area contributed by atoms with Gasteiger partial charge in [-0.2, -0.15) is 23.7 Å². The monoisotopic (exact) mass is 663 g/mol. The van der Waals surface area contributed by atoms with Crippen LogP contribution in [0.4, 0.5) is 35.1 Å². The Bertz CT molecular complexity index is 2490. The number of aryl methyl sites for hydroxylation is 3. The van der Waals surface area contributed by atoms with E-state index < -0.39 is 80.8 Å². The molecule has 6 rings (SSSR count). The number of nitriles is 2. The molecule has 17 heteroatoms. The van der Waals surface area contributed by atoms with E-state index in [1.54, 1.807) is 38.1 Å². The number of fused-ring (bicyclic) bond motifs is 2. The van der Waals surface area contributed by atoms with Crippen LogP contribution in [0.1, 0.15) is 33.9 Å². The number of alkyl halides is 3. The Morgan fingerprint density at radius 1 is 0.562 bits per heavy atom. The van der Waals surface area contributed by atoms with E-state index >= 15 is 0 Å². The Morgan fingerprint density at radius 2 is 0.938 bits per heavy atom. The van der Waals surface area contributed by atoms with Gasteiger partial charge >= 0.3 is 6.18 Å². The molecule has 0 fully saturated rings. The molecule has 4 aromatic rings. The second-order valence-corrected chi connectivity index (χ2v) is 10.4. The topological polar surface area (TPSA) is 136 Å². The van der Waals surface area contributed by atoms with Crippen LogP contribution in [-0.4, -0.2) is 15.0 Å². The molecule has 238 valence electrons. The third kappa shape index (κ3) is 5.15. The van der Waals surface area contributed by atoms with Crippen molar-refractivity contribution in [2.24, 2.45) is 20.0 Å². The summed E-state index contributed by atoms with van der Waals surface area (Å²) < 4.78 is 113. The van der Waals surface area contributed by atoms with Crippen molar-refractivity contribution < 1.29 is 35.1 Å². The summed E-state index contributed by atoms with van der Waals surface area (Å²) in [5.41, 5.74) is -2.46. The predicted molar refractivity (Wildman–Crippen MR) is 147 cm³/mol. The molecule has 0 aliphatic carbocycles. The van der Waals surface area contributed by atoms with Crippen molar-refractivity contribution in [1.82, 2.24) is 15.0 Å². The highest BCUT2D eigenvalue weighted by Crippen LogP contribution is 2.33. The van der Waals surface area contributed by atoms with Gasteiger partial charge in [-0.05, 0) is 61.7 Å². The van der Waals surface area contributed by atoms with Gasteiger partial charge in [-0.15, -0.1) is 0 Å². The number of hydrogen-bond donors (Lipinski definition) is 0. The Hall–Kier alpha value is -6.23. The molecule has 1 aromatic heterocycles. The molecule has 3 aromatic carbocycles. The smallest absolute Gasteiger partial charge is 0.226 e. The first kappa shape index (κ1) is 31.7. The molecule has 0 N–H and O–H groups in total. The van der Waals surface area contributed by atoms with Crippen molar-refractivity contribution in [2.75, 3.05) is 0 Å². The number of benzene rings is 3. The maximum absolute atomic E-state index is 15.0. The van der Waals surface area contributed by atoms with E-state index in [9.17, 15) is 45.6 Å². The highest BCUT2D eigenvalue weighted by Gasteiger charge is 2.34. The van der Waals surface area contributed by atoms with Gasteiger partial charge in [-0.1, -0.05) is 0 Å². The second kappa shape index (κ2) is 11.2. The van der Waals surface area contributed by atoms with Crippen LogP contribution in [0.15, 0.2) is 55.9 Å². The van der Waals surface area contributed by atoms with Gasteiger partial charge in [0.1, 0.15) is 23.3 Å². The zero-order valence-corrected chi connectivity index (χ0v) is 24.4.